The molecule has 0 aromatic carbocycles. The zero-order chi connectivity index (χ0) is 23.9. The van der Waals surface area contributed by atoms with Crippen LogP contribution in [0, 0.1) is 5.92 Å². The van der Waals surface area contributed by atoms with Gasteiger partial charge in [0.1, 0.15) is 36.1 Å². The second-order valence-electron chi connectivity index (χ2n) is 8.83. The molecular weight excluding hydrogens is 428 g/mol. The van der Waals surface area contributed by atoms with Crippen LogP contribution in [-0.4, -0.2) is 117 Å². The van der Waals surface area contributed by atoms with Crippen molar-refractivity contribution in [1.82, 2.24) is 0 Å². The van der Waals surface area contributed by atoms with Gasteiger partial charge in [-0.2, -0.15) is 0 Å². The van der Waals surface area contributed by atoms with Gasteiger partial charge >= 0.3 is 0 Å². The fourth-order valence-corrected chi connectivity index (χ4v) is 4.28. The molecule has 2 aliphatic rings. The second-order valence-corrected chi connectivity index (χ2v) is 8.83. The van der Waals surface area contributed by atoms with Crippen LogP contribution < -0.4 is 0 Å². The van der Waals surface area contributed by atoms with Crippen LogP contribution in [0.25, 0.3) is 0 Å². The van der Waals surface area contributed by atoms with Crippen LogP contribution in [0.4, 0.5) is 0 Å². The third-order valence-corrected chi connectivity index (χ3v) is 6.20. The Balaban J connectivity index is 2.07. The Morgan fingerprint density at radius 3 is 2.06 bits per heavy atom. The summed E-state index contributed by atoms with van der Waals surface area (Å²) in [5.41, 5.74) is -1.56. The van der Waals surface area contributed by atoms with E-state index in [-0.39, 0.29) is 12.3 Å². The van der Waals surface area contributed by atoms with Gasteiger partial charge < -0.3 is 54.7 Å². The summed E-state index contributed by atoms with van der Waals surface area (Å²) in [5.74, 6) is 0.275. The Labute approximate surface area is 188 Å². The number of ether oxygens (including phenoxy) is 4. The van der Waals surface area contributed by atoms with Crippen molar-refractivity contribution >= 4 is 0 Å². The van der Waals surface area contributed by atoms with Crippen LogP contribution in [0.1, 0.15) is 46.0 Å². The highest BCUT2D eigenvalue weighted by molar-refractivity contribution is 4.95. The molecule has 11 nitrogen and oxygen atoms in total. The van der Waals surface area contributed by atoms with Gasteiger partial charge in [-0.1, -0.05) is 26.7 Å². The van der Waals surface area contributed by atoms with E-state index in [9.17, 15) is 35.7 Å². The fraction of sp³-hybridized carbons (Fsp3) is 1.00. The third-order valence-electron chi connectivity index (χ3n) is 6.20. The molecule has 0 aliphatic carbocycles. The molecule has 0 saturated carbocycles. The highest BCUT2D eigenvalue weighted by Gasteiger charge is 2.51. The molecule has 2 fully saturated rings. The number of aliphatic hydroxyl groups is 7. The van der Waals surface area contributed by atoms with Crippen molar-refractivity contribution in [3.05, 3.63) is 0 Å². The lowest BCUT2D eigenvalue weighted by molar-refractivity contribution is -0.365. The van der Waals surface area contributed by atoms with Gasteiger partial charge in [0, 0.05) is 6.42 Å². The molecule has 190 valence electrons. The first-order valence-corrected chi connectivity index (χ1v) is 11.4. The summed E-state index contributed by atoms with van der Waals surface area (Å²) >= 11 is 0. The van der Waals surface area contributed by atoms with E-state index in [4.69, 9.17) is 18.9 Å². The summed E-state index contributed by atoms with van der Waals surface area (Å²) in [7, 11) is 0. The first-order chi connectivity index (χ1) is 15.2. The molecule has 8 atom stereocenters. The van der Waals surface area contributed by atoms with Crippen molar-refractivity contribution in [3.63, 3.8) is 0 Å². The summed E-state index contributed by atoms with van der Waals surface area (Å²) in [6.45, 7) is 2.60. The van der Waals surface area contributed by atoms with E-state index in [0.29, 0.717) is 6.61 Å². The van der Waals surface area contributed by atoms with E-state index < -0.39 is 74.6 Å². The maximum Gasteiger partial charge on any atom is 0.187 e. The Morgan fingerprint density at radius 2 is 1.53 bits per heavy atom. The summed E-state index contributed by atoms with van der Waals surface area (Å²) in [6, 6.07) is 0. The van der Waals surface area contributed by atoms with Crippen molar-refractivity contribution < 1.29 is 54.7 Å². The van der Waals surface area contributed by atoms with E-state index >= 15 is 0 Å². The molecule has 7 N–H and O–H groups in total. The molecule has 2 heterocycles. The first-order valence-electron chi connectivity index (χ1n) is 11.4. The molecule has 32 heavy (non-hydrogen) atoms. The lowest BCUT2D eigenvalue weighted by Gasteiger charge is -2.47. The van der Waals surface area contributed by atoms with Crippen molar-refractivity contribution in [2.75, 3.05) is 26.4 Å². The fourth-order valence-electron chi connectivity index (χ4n) is 4.28. The topological polar surface area (TPSA) is 179 Å². The lowest BCUT2D eigenvalue weighted by atomic mass is 9.91. The minimum atomic E-state index is -1.56. The minimum Gasteiger partial charge on any atom is -0.394 e. The van der Waals surface area contributed by atoms with Crippen LogP contribution >= 0.6 is 0 Å². The van der Waals surface area contributed by atoms with Crippen LogP contribution in [0.2, 0.25) is 0 Å². The highest BCUT2D eigenvalue weighted by Crippen LogP contribution is 2.33. The molecule has 2 saturated heterocycles. The molecule has 0 spiro atoms. The van der Waals surface area contributed by atoms with Crippen LogP contribution in [-0.2, 0) is 18.9 Å². The predicted molar refractivity (Wildman–Crippen MR) is 110 cm³/mol. The maximum absolute atomic E-state index is 10.7. The maximum atomic E-state index is 10.7. The van der Waals surface area contributed by atoms with Crippen LogP contribution in [0.5, 0.6) is 0 Å². The monoisotopic (exact) mass is 468 g/mol. The Bertz CT molecular complexity index is 524. The summed E-state index contributed by atoms with van der Waals surface area (Å²) in [5, 5.41) is 70.5. The van der Waals surface area contributed by atoms with Crippen LogP contribution in [0.15, 0.2) is 0 Å². The molecular formula is C21H40O11. The summed E-state index contributed by atoms with van der Waals surface area (Å²) < 4.78 is 22.5. The Morgan fingerprint density at radius 1 is 0.906 bits per heavy atom. The zero-order valence-electron chi connectivity index (χ0n) is 18.8. The number of rotatable bonds is 12. The van der Waals surface area contributed by atoms with E-state index in [2.05, 4.69) is 13.8 Å². The van der Waals surface area contributed by atoms with Gasteiger partial charge in [-0.3, -0.25) is 0 Å². The standard InChI is InChI=1S/C21H40O11/c1-3-5-12(6-4-2)9-29-19-17(28)16(27)18(14(8-22)30-19)31-20-15(26)13(25)7-21(10-23,11-24)32-20/h12-20,22-28H,3-11H2,1-2H3/t13?,14?,15?,16-,17?,18-,19-,20+/m1/s1. The average molecular weight is 469 g/mol. The molecule has 11 heteroatoms. The Hall–Kier alpha value is -0.440. The van der Waals surface area contributed by atoms with Crippen molar-refractivity contribution in [2.24, 2.45) is 5.92 Å². The van der Waals surface area contributed by atoms with Gasteiger partial charge in [0.25, 0.3) is 0 Å². The van der Waals surface area contributed by atoms with Crippen LogP contribution in [0.3, 0.4) is 0 Å². The number of hydrogen-bond donors (Lipinski definition) is 7. The predicted octanol–water partition coefficient (Wildman–Crippen LogP) is -1.76. The third kappa shape index (κ3) is 6.57. The van der Waals surface area contributed by atoms with Gasteiger partial charge in [0.2, 0.25) is 0 Å². The molecule has 0 aromatic rings. The quantitative estimate of drug-likeness (QED) is 0.172. The van der Waals surface area contributed by atoms with Gasteiger partial charge in [-0.05, 0) is 18.8 Å². The summed E-state index contributed by atoms with van der Waals surface area (Å²) in [4.78, 5) is 0. The number of aliphatic hydroxyl groups excluding tert-OH is 7. The lowest BCUT2D eigenvalue weighted by Crippen LogP contribution is -2.64. The second kappa shape index (κ2) is 12.9. The van der Waals surface area contributed by atoms with Crippen molar-refractivity contribution in [2.45, 2.75) is 101 Å². The zero-order valence-corrected chi connectivity index (χ0v) is 18.8. The normalized spacial score (nSPS) is 37.7. The van der Waals surface area contributed by atoms with E-state index in [1.54, 1.807) is 0 Å². The average Bonchev–Trinajstić information content (AvgIpc) is 2.79. The van der Waals surface area contributed by atoms with E-state index in [1.807, 2.05) is 0 Å². The Kier molecular flexibility index (Phi) is 11.2. The highest BCUT2D eigenvalue weighted by atomic mass is 16.7. The van der Waals surface area contributed by atoms with E-state index in [0.717, 1.165) is 25.7 Å². The summed E-state index contributed by atoms with van der Waals surface area (Å²) in [6.07, 6.45) is -7.56. The van der Waals surface area contributed by atoms with Gasteiger partial charge in [0.05, 0.1) is 32.5 Å². The first kappa shape index (κ1) is 27.8. The molecule has 0 aromatic heterocycles. The molecule has 4 unspecified atom stereocenters. The molecule has 2 rings (SSSR count). The SMILES string of the molecule is CCCC(CCC)CO[C@@H]1OC(CO)[C@@H](O[C@H]2OC(CO)(CO)CC(O)C2O)[C@H](O)C1O. The smallest absolute Gasteiger partial charge is 0.187 e. The molecule has 0 amide bonds. The molecule has 0 radical (unpaired) electrons. The minimum absolute atomic E-state index is 0.233. The largest absolute Gasteiger partial charge is 0.394 e. The van der Waals surface area contributed by atoms with Crippen molar-refractivity contribution in [1.29, 1.82) is 0 Å². The van der Waals surface area contributed by atoms with E-state index in [1.165, 1.54) is 0 Å². The molecule has 2 aliphatic heterocycles. The van der Waals surface area contributed by atoms with Crippen molar-refractivity contribution in [3.8, 4) is 0 Å². The van der Waals surface area contributed by atoms with Gasteiger partial charge in [-0.15, -0.1) is 0 Å². The van der Waals surface area contributed by atoms with Gasteiger partial charge in [-0.25, -0.2) is 0 Å². The molecule has 0 bridgehead atoms. The van der Waals surface area contributed by atoms with Gasteiger partial charge in [0.15, 0.2) is 12.6 Å². The number of hydrogen-bond acceptors (Lipinski definition) is 11.